The van der Waals surface area contributed by atoms with Crippen molar-refractivity contribution >= 4 is 5.91 Å². The van der Waals surface area contributed by atoms with Gasteiger partial charge in [-0.05, 0) is 37.5 Å². The van der Waals surface area contributed by atoms with Crippen LogP contribution in [0, 0.1) is 6.92 Å². The number of amides is 1. The molecule has 33 heavy (non-hydrogen) atoms. The number of nitrogens with one attached hydrogen (secondary N) is 1. The van der Waals surface area contributed by atoms with Gasteiger partial charge in [-0.3, -0.25) is 4.79 Å². The number of hydrogen-bond donors (Lipinski definition) is 1. The molecule has 5 heteroatoms. The van der Waals surface area contributed by atoms with E-state index in [1.807, 2.05) is 79.7 Å². The second kappa shape index (κ2) is 10.6. The first-order valence-corrected chi connectivity index (χ1v) is 11.1. The van der Waals surface area contributed by atoms with Crippen molar-refractivity contribution in [2.75, 3.05) is 13.7 Å². The van der Waals surface area contributed by atoms with Gasteiger partial charge in [0, 0.05) is 17.7 Å². The lowest BCUT2D eigenvalue weighted by atomic mass is 10.0. The summed E-state index contributed by atoms with van der Waals surface area (Å²) in [4.78, 5) is 22.7. The van der Waals surface area contributed by atoms with Crippen molar-refractivity contribution in [1.29, 1.82) is 0 Å². The van der Waals surface area contributed by atoms with Crippen LogP contribution >= 0.6 is 0 Å². The monoisotopic (exact) mass is 437 g/mol. The minimum Gasteiger partial charge on any atom is -0.497 e. The highest BCUT2D eigenvalue weighted by Gasteiger charge is 2.20. The normalized spacial score (nSPS) is 10.6. The van der Waals surface area contributed by atoms with Crippen LogP contribution < -0.4 is 10.1 Å². The van der Waals surface area contributed by atoms with E-state index in [1.165, 1.54) is 5.56 Å². The molecule has 0 fully saturated rings. The summed E-state index contributed by atoms with van der Waals surface area (Å²) in [7, 11) is 1.63. The van der Waals surface area contributed by atoms with Crippen molar-refractivity contribution in [3.8, 4) is 28.4 Å². The Labute approximate surface area is 194 Å². The molecule has 4 aromatic rings. The Morgan fingerprint density at radius 2 is 1.58 bits per heavy atom. The van der Waals surface area contributed by atoms with Gasteiger partial charge in [-0.25, -0.2) is 9.97 Å². The summed E-state index contributed by atoms with van der Waals surface area (Å²) >= 11 is 0. The molecule has 0 unspecified atom stereocenters. The molecule has 0 aliphatic heterocycles. The first kappa shape index (κ1) is 22.2. The fourth-order valence-electron chi connectivity index (χ4n) is 3.77. The third kappa shape index (κ3) is 5.44. The lowest BCUT2D eigenvalue weighted by Crippen LogP contribution is -2.27. The Morgan fingerprint density at radius 3 is 2.30 bits per heavy atom. The van der Waals surface area contributed by atoms with E-state index in [1.54, 1.807) is 7.11 Å². The van der Waals surface area contributed by atoms with Crippen molar-refractivity contribution in [3.05, 3.63) is 102 Å². The maximum atomic E-state index is 13.3. The topological polar surface area (TPSA) is 64.1 Å². The molecule has 1 N–H and O–H groups in total. The van der Waals surface area contributed by atoms with Crippen molar-refractivity contribution in [3.63, 3.8) is 0 Å². The highest BCUT2D eigenvalue weighted by Crippen LogP contribution is 2.29. The Bertz CT molecular complexity index is 1220. The van der Waals surface area contributed by atoms with Gasteiger partial charge in [-0.15, -0.1) is 0 Å². The van der Waals surface area contributed by atoms with Crippen LogP contribution in [0.15, 0.2) is 84.9 Å². The van der Waals surface area contributed by atoms with Crippen LogP contribution in [0.1, 0.15) is 28.0 Å². The number of carbonyl (C=O) groups is 1. The lowest BCUT2D eigenvalue weighted by molar-refractivity contribution is 0.0952. The number of carbonyl (C=O) groups excluding carboxylic acids is 1. The number of aromatic nitrogens is 2. The van der Waals surface area contributed by atoms with Gasteiger partial charge in [0.2, 0.25) is 0 Å². The molecule has 166 valence electrons. The van der Waals surface area contributed by atoms with Crippen molar-refractivity contribution < 1.29 is 9.53 Å². The molecule has 0 spiro atoms. The molecule has 1 heterocycles. The van der Waals surface area contributed by atoms with E-state index in [9.17, 15) is 4.79 Å². The van der Waals surface area contributed by atoms with Gasteiger partial charge in [-0.1, -0.05) is 72.8 Å². The van der Waals surface area contributed by atoms with E-state index in [0.717, 1.165) is 24.0 Å². The van der Waals surface area contributed by atoms with E-state index in [2.05, 4.69) is 22.4 Å². The first-order chi connectivity index (χ1) is 16.2. The zero-order chi connectivity index (χ0) is 23.0. The number of ether oxygens (including phenoxy) is 1. The SMILES string of the molecule is COc1cccc(-c2nc(-c3ccccc3)nc(C)c2C(=O)NCCCc2ccccc2)c1. The standard InChI is InChI=1S/C28H27N3O2/c1-20-25(28(32)29-18-10-13-21-11-5-3-6-12-21)26(23-16-9-17-24(19-23)33-2)31-27(30-20)22-14-7-4-8-15-22/h3-9,11-12,14-17,19H,10,13,18H2,1-2H3,(H,29,32). The number of aryl methyl sites for hydroxylation is 2. The number of nitrogens with zero attached hydrogens (tertiary/aromatic N) is 2. The Balaban J connectivity index is 1.63. The van der Waals surface area contributed by atoms with Crippen LogP contribution in [0.2, 0.25) is 0 Å². The molecular weight excluding hydrogens is 410 g/mol. The van der Waals surface area contributed by atoms with Gasteiger partial charge in [-0.2, -0.15) is 0 Å². The molecule has 0 atom stereocenters. The predicted molar refractivity (Wildman–Crippen MR) is 131 cm³/mol. The largest absolute Gasteiger partial charge is 0.497 e. The Morgan fingerprint density at radius 1 is 0.879 bits per heavy atom. The molecule has 3 aromatic carbocycles. The highest BCUT2D eigenvalue weighted by molar-refractivity contribution is 6.01. The number of rotatable bonds is 8. The first-order valence-electron chi connectivity index (χ1n) is 11.1. The van der Waals surface area contributed by atoms with Gasteiger partial charge < -0.3 is 10.1 Å². The third-order valence-electron chi connectivity index (χ3n) is 5.46. The van der Waals surface area contributed by atoms with E-state index < -0.39 is 0 Å². The van der Waals surface area contributed by atoms with Crippen molar-refractivity contribution in [2.45, 2.75) is 19.8 Å². The van der Waals surface area contributed by atoms with E-state index >= 15 is 0 Å². The Hall–Kier alpha value is -3.99. The van der Waals surface area contributed by atoms with Crippen LogP contribution in [0.5, 0.6) is 5.75 Å². The average molecular weight is 438 g/mol. The molecule has 1 amide bonds. The second-order valence-corrected chi connectivity index (χ2v) is 7.80. The van der Waals surface area contributed by atoms with E-state index in [4.69, 9.17) is 9.72 Å². The summed E-state index contributed by atoms with van der Waals surface area (Å²) in [5, 5.41) is 3.06. The van der Waals surface area contributed by atoms with Gasteiger partial charge in [0.25, 0.3) is 5.91 Å². The minimum absolute atomic E-state index is 0.169. The molecule has 5 nitrogen and oxygen atoms in total. The maximum Gasteiger partial charge on any atom is 0.255 e. The van der Waals surface area contributed by atoms with Crippen LogP contribution in [0.25, 0.3) is 22.6 Å². The van der Waals surface area contributed by atoms with E-state index in [-0.39, 0.29) is 5.91 Å². The molecule has 0 saturated heterocycles. The summed E-state index contributed by atoms with van der Waals surface area (Å²) in [6, 6.07) is 27.7. The van der Waals surface area contributed by atoms with Crippen molar-refractivity contribution in [2.24, 2.45) is 0 Å². The molecule has 0 radical (unpaired) electrons. The lowest BCUT2D eigenvalue weighted by Gasteiger charge is -2.15. The molecule has 4 rings (SSSR count). The minimum atomic E-state index is -0.169. The van der Waals surface area contributed by atoms with Gasteiger partial charge in [0.05, 0.1) is 24.1 Å². The van der Waals surface area contributed by atoms with Crippen LogP contribution in [-0.2, 0) is 6.42 Å². The summed E-state index contributed by atoms with van der Waals surface area (Å²) in [5.74, 6) is 1.13. The molecule has 1 aromatic heterocycles. The average Bonchev–Trinajstić information content (AvgIpc) is 2.87. The molecule has 0 saturated carbocycles. The second-order valence-electron chi connectivity index (χ2n) is 7.80. The van der Waals surface area contributed by atoms with Crippen LogP contribution in [-0.4, -0.2) is 29.5 Å². The van der Waals surface area contributed by atoms with Crippen molar-refractivity contribution in [1.82, 2.24) is 15.3 Å². The highest BCUT2D eigenvalue weighted by atomic mass is 16.5. The molecule has 0 aliphatic rings. The smallest absolute Gasteiger partial charge is 0.255 e. The number of methoxy groups -OCH3 is 1. The number of hydrogen-bond acceptors (Lipinski definition) is 4. The fourth-order valence-corrected chi connectivity index (χ4v) is 3.77. The zero-order valence-electron chi connectivity index (χ0n) is 18.9. The van der Waals surface area contributed by atoms with E-state index in [0.29, 0.717) is 35.1 Å². The zero-order valence-corrected chi connectivity index (χ0v) is 18.9. The maximum absolute atomic E-state index is 13.3. The molecular formula is C28H27N3O2. The van der Waals surface area contributed by atoms with Gasteiger partial charge >= 0.3 is 0 Å². The van der Waals surface area contributed by atoms with Gasteiger partial charge in [0.15, 0.2) is 5.82 Å². The Kier molecular flexibility index (Phi) is 7.10. The summed E-state index contributed by atoms with van der Waals surface area (Å²) in [6.07, 6.45) is 1.76. The summed E-state index contributed by atoms with van der Waals surface area (Å²) in [6.45, 7) is 2.43. The quantitative estimate of drug-likeness (QED) is 0.370. The molecule has 0 aliphatic carbocycles. The third-order valence-corrected chi connectivity index (χ3v) is 5.46. The molecule has 0 bridgehead atoms. The summed E-state index contributed by atoms with van der Waals surface area (Å²) in [5.41, 5.74) is 4.70. The van der Waals surface area contributed by atoms with Gasteiger partial charge in [0.1, 0.15) is 5.75 Å². The van der Waals surface area contributed by atoms with Crippen LogP contribution in [0.3, 0.4) is 0 Å². The van der Waals surface area contributed by atoms with Crippen LogP contribution in [0.4, 0.5) is 0 Å². The predicted octanol–water partition coefficient (Wildman–Crippen LogP) is 5.49. The fraction of sp³-hybridized carbons (Fsp3) is 0.179. The summed E-state index contributed by atoms with van der Waals surface area (Å²) < 4.78 is 5.40. The number of benzene rings is 3.